The fraction of sp³-hybridized carbons (Fsp3) is 0.312. The van der Waals surface area contributed by atoms with Gasteiger partial charge in [-0.05, 0) is 31.2 Å². The molecule has 1 aromatic heterocycles. The van der Waals surface area contributed by atoms with Crippen LogP contribution in [0.15, 0.2) is 42.7 Å². The molecule has 4 nitrogen and oxygen atoms in total. The lowest BCUT2D eigenvalue weighted by atomic mass is 10.2. The van der Waals surface area contributed by atoms with Gasteiger partial charge in [-0.2, -0.15) is 0 Å². The lowest BCUT2D eigenvalue weighted by molar-refractivity contribution is 0.377. The van der Waals surface area contributed by atoms with Crippen LogP contribution >= 0.6 is 0 Å². The number of nitrogens with zero attached hydrogens (tertiary/aromatic N) is 1. The summed E-state index contributed by atoms with van der Waals surface area (Å²) < 4.78 is 11.3. The van der Waals surface area contributed by atoms with Gasteiger partial charge in [-0.3, -0.25) is 4.98 Å². The number of ether oxygens (including phenoxy) is 2. The van der Waals surface area contributed by atoms with E-state index in [1.54, 1.807) is 13.3 Å². The summed E-state index contributed by atoms with van der Waals surface area (Å²) in [6.45, 7) is 3.86. The first kappa shape index (κ1) is 14.3. The zero-order valence-corrected chi connectivity index (χ0v) is 11.9. The number of aromatic nitrogens is 1. The standard InChI is InChI=1S/C16H20N2O2/c1-3-9-17-11-13-12-18-10-8-14(13)20-16-7-5-4-6-15(16)19-2/h4-8,10,12,17H,3,9,11H2,1-2H3. The largest absolute Gasteiger partial charge is 0.493 e. The molecular formula is C16H20N2O2. The Hall–Kier alpha value is -2.07. The Bertz CT molecular complexity index is 544. The molecule has 106 valence electrons. The molecule has 2 rings (SSSR count). The van der Waals surface area contributed by atoms with Crippen molar-refractivity contribution in [3.63, 3.8) is 0 Å². The van der Waals surface area contributed by atoms with E-state index in [-0.39, 0.29) is 0 Å². The molecule has 2 aromatic rings. The molecule has 0 unspecified atom stereocenters. The topological polar surface area (TPSA) is 43.4 Å². The number of pyridine rings is 1. The lowest BCUT2D eigenvalue weighted by Crippen LogP contribution is -2.14. The van der Waals surface area contributed by atoms with Crippen molar-refractivity contribution in [3.8, 4) is 17.2 Å². The maximum absolute atomic E-state index is 5.96. The molecule has 0 radical (unpaired) electrons. The maximum Gasteiger partial charge on any atom is 0.169 e. The van der Waals surface area contributed by atoms with E-state index in [2.05, 4.69) is 17.2 Å². The van der Waals surface area contributed by atoms with Crippen LogP contribution in [0.5, 0.6) is 17.2 Å². The van der Waals surface area contributed by atoms with Gasteiger partial charge in [-0.15, -0.1) is 0 Å². The smallest absolute Gasteiger partial charge is 0.169 e. The van der Waals surface area contributed by atoms with Crippen molar-refractivity contribution in [1.82, 2.24) is 10.3 Å². The van der Waals surface area contributed by atoms with Gasteiger partial charge in [0.1, 0.15) is 5.75 Å². The first-order valence-corrected chi connectivity index (χ1v) is 6.79. The minimum Gasteiger partial charge on any atom is -0.493 e. The van der Waals surface area contributed by atoms with Crippen LogP contribution in [0.1, 0.15) is 18.9 Å². The second-order valence-corrected chi connectivity index (χ2v) is 4.41. The number of methoxy groups -OCH3 is 1. The van der Waals surface area contributed by atoms with E-state index in [0.717, 1.165) is 36.6 Å². The van der Waals surface area contributed by atoms with Crippen LogP contribution in [-0.2, 0) is 6.54 Å². The average Bonchev–Trinajstić information content (AvgIpc) is 2.50. The second kappa shape index (κ2) is 7.50. The molecule has 1 heterocycles. The Morgan fingerprint density at radius 3 is 2.65 bits per heavy atom. The van der Waals surface area contributed by atoms with Crippen molar-refractivity contribution in [2.75, 3.05) is 13.7 Å². The van der Waals surface area contributed by atoms with Crippen molar-refractivity contribution in [1.29, 1.82) is 0 Å². The molecule has 0 amide bonds. The van der Waals surface area contributed by atoms with Crippen LogP contribution in [0.25, 0.3) is 0 Å². The van der Waals surface area contributed by atoms with Crippen LogP contribution in [0.4, 0.5) is 0 Å². The van der Waals surface area contributed by atoms with Crippen LogP contribution in [0.3, 0.4) is 0 Å². The number of hydrogen-bond acceptors (Lipinski definition) is 4. The summed E-state index contributed by atoms with van der Waals surface area (Å²) in [7, 11) is 1.64. The summed E-state index contributed by atoms with van der Waals surface area (Å²) in [5.41, 5.74) is 1.03. The summed E-state index contributed by atoms with van der Waals surface area (Å²) >= 11 is 0. The molecule has 0 aliphatic rings. The van der Waals surface area contributed by atoms with Gasteiger partial charge in [0.15, 0.2) is 11.5 Å². The number of benzene rings is 1. The Morgan fingerprint density at radius 2 is 1.90 bits per heavy atom. The highest BCUT2D eigenvalue weighted by Crippen LogP contribution is 2.32. The molecule has 0 spiro atoms. The number of rotatable bonds is 7. The summed E-state index contributed by atoms with van der Waals surface area (Å²) in [4.78, 5) is 4.16. The molecule has 0 aliphatic carbocycles. The maximum atomic E-state index is 5.96. The van der Waals surface area contributed by atoms with Crippen LogP contribution < -0.4 is 14.8 Å². The van der Waals surface area contributed by atoms with Gasteiger partial charge < -0.3 is 14.8 Å². The van der Waals surface area contributed by atoms with Gasteiger partial charge in [-0.25, -0.2) is 0 Å². The van der Waals surface area contributed by atoms with Gasteiger partial charge in [-0.1, -0.05) is 19.1 Å². The van der Waals surface area contributed by atoms with Gasteiger partial charge in [0, 0.05) is 24.5 Å². The zero-order valence-electron chi connectivity index (χ0n) is 11.9. The Balaban J connectivity index is 2.16. The molecule has 1 N–H and O–H groups in total. The van der Waals surface area contributed by atoms with Crippen LogP contribution in [-0.4, -0.2) is 18.6 Å². The molecule has 20 heavy (non-hydrogen) atoms. The fourth-order valence-corrected chi connectivity index (χ4v) is 1.87. The van der Waals surface area contributed by atoms with E-state index in [9.17, 15) is 0 Å². The summed E-state index contributed by atoms with van der Waals surface area (Å²) in [6, 6.07) is 9.49. The minimum atomic E-state index is 0.706. The lowest BCUT2D eigenvalue weighted by Gasteiger charge is -2.13. The van der Waals surface area contributed by atoms with E-state index >= 15 is 0 Å². The third-order valence-corrected chi connectivity index (χ3v) is 2.89. The van der Waals surface area contributed by atoms with Crippen molar-refractivity contribution < 1.29 is 9.47 Å². The highest BCUT2D eigenvalue weighted by atomic mass is 16.5. The molecular weight excluding hydrogens is 252 g/mol. The summed E-state index contributed by atoms with van der Waals surface area (Å²) in [5.74, 6) is 2.22. The van der Waals surface area contributed by atoms with Gasteiger partial charge in [0.2, 0.25) is 0 Å². The van der Waals surface area contributed by atoms with Crippen molar-refractivity contribution in [2.24, 2.45) is 0 Å². The van der Waals surface area contributed by atoms with E-state index in [1.807, 2.05) is 36.5 Å². The summed E-state index contributed by atoms with van der Waals surface area (Å²) in [5, 5.41) is 3.35. The molecule has 1 aromatic carbocycles. The van der Waals surface area contributed by atoms with Crippen molar-refractivity contribution >= 4 is 0 Å². The quantitative estimate of drug-likeness (QED) is 0.785. The Labute approximate surface area is 119 Å². The van der Waals surface area contributed by atoms with Gasteiger partial charge in [0.25, 0.3) is 0 Å². The number of hydrogen-bond donors (Lipinski definition) is 1. The molecule has 0 aliphatic heterocycles. The number of para-hydroxylation sites is 2. The highest BCUT2D eigenvalue weighted by Gasteiger charge is 2.08. The molecule has 0 atom stereocenters. The molecule has 0 saturated carbocycles. The average molecular weight is 272 g/mol. The highest BCUT2D eigenvalue weighted by molar-refractivity contribution is 5.44. The number of nitrogens with one attached hydrogen (secondary N) is 1. The SMILES string of the molecule is CCCNCc1cnccc1Oc1ccccc1OC. The molecule has 0 bridgehead atoms. The molecule has 4 heteroatoms. The minimum absolute atomic E-state index is 0.706. The van der Waals surface area contributed by atoms with Crippen LogP contribution in [0, 0.1) is 0 Å². The second-order valence-electron chi connectivity index (χ2n) is 4.41. The predicted octanol–water partition coefficient (Wildman–Crippen LogP) is 3.38. The fourth-order valence-electron chi connectivity index (χ4n) is 1.87. The normalized spacial score (nSPS) is 10.3. The molecule has 0 saturated heterocycles. The monoisotopic (exact) mass is 272 g/mol. The van der Waals surface area contributed by atoms with E-state index in [0.29, 0.717) is 5.75 Å². The Morgan fingerprint density at radius 1 is 1.10 bits per heavy atom. The Kier molecular flexibility index (Phi) is 5.38. The van der Waals surface area contributed by atoms with Crippen LogP contribution in [0.2, 0.25) is 0 Å². The van der Waals surface area contributed by atoms with Gasteiger partial charge in [0.05, 0.1) is 7.11 Å². The first-order valence-electron chi connectivity index (χ1n) is 6.79. The van der Waals surface area contributed by atoms with Gasteiger partial charge >= 0.3 is 0 Å². The first-order chi connectivity index (χ1) is 9.85. The molecule has 0 fully saturated rings. The van der Waals surface area contributed by atoms with E-state index < -0.39 is 0 Å². The van der Waals surface area contributed by atoms with Crippen molar-refractivity contribution in [3.05, 3.63) is 48.3 Å². The predicted molar refractivity (Wildman–Crippen MR) is 79.3 cm³/mol. The van der Waals surface area contributed by atoms with E-state index in [1.165, 1.54) is 0 Å². The van der Waals surface area contributed by atoms with E-state index in [4.69, 9.17) is 9.47 Å². The van der Waals surface area contributed by atoms with Crippen molar-refractivity contribution in [2.45, 2.75) is 19.9 Å². The third kappa shape index (κ3) is 3.71. The summed E-state index contributed by atoms with van der Waals surface area (Å²) in [6.07, 6.45) is 4.66. The third-order valence-electron chi connectivity index (χ3n) is 2.89. The zero-order chi connectivity index (χ0) is 14.2.